The first-order valence-corrected chi connectivity index (χ1v) is 8.63. The summed E-state index contributed by atoms with van der Waals surface area (Å²) >= 11 is 6.81. The first-order valence-electron chi connectivity index (χ1n) is 7.04. The maximum Gasteiger partial charge on any atom is 0.251 e. The largest absolute Gasteiger partial charge is 0.350 e. The van der Waals surface area contributed by atoms with Crippen LogP contribution in [-0.2, 0) is 0 Å². The highest BCUT2D eigenvalue weighted by atomic mass is 79.9. The Bertz CT molecular complexity index is 453. The van der Waals surface area contributed by atoms with E-state index in [9.17, 15) is 4.79 Å². The number of nitrogens with one attached hydrogen (secondary N) is 1. The normalized spacial score (nSPS) is 17.8. The summed E-state index contributed by atoms with van der Waals surface area (Å²) < 4.78 is 1.81. The average Bonchev–Trinajstić information content (AvgIpc) is 2.44. The smallest absolute Gasteiger partial charge is 0.251 e. The van der Waals surface area contributed by atoms with Crippen molar-refractivity contribution in [1.82, 2.24) is 10.2 Å². The van der Waals surface area contributed by atoms with E-state index in [-0.39, 0.29) is 5.91 Å². The Balaban J connectivity index is 1.87. The fraction of sp³-hybridized carbons (Fsp3) is 0.533. The second-order valence-corrected chi connectivity index (χ2v) is 7.15. The van der Waals surface area contributed by atoms with E-state index in [1.807, 2.05) is 18.2 Å². The summed E-state index contributed by atoms with van der Waals surface area (Å²) in [5.74, 6) is -0.0177. The molecule has 1 aliphatic rings. The molecule has 1 fully saturated rings. The van der Waals surface area contributed by atoms with Crippen LogP contribution in [0, 0.1) is 0 Å². The molecular formula is C15H20Br2N2O. The number of halogens is 2. The Kier molecular flexibility index (Phi) is 6.05. The van der Waals surface area contributed by atoms with Gasteiger partial charge in [0.2, 0.25) is 0 Å². The Morgan fingerprint density at radius 1 is 1.20 bits per heavy atom. The van der Waals surface area contributed by atoms with Gasteiger partial charge in [0, 0.05) is 27.1 Å². The van der Waals surface area contributed by atoms with Crippen molar-refractivity contribution in [3.8, 4) is 0 Å². The van der Waals surface area contributed by atoms with Crippen LogP contribution in [0.15, 0.2) is 27.1 Å². The van der Waals surface area contributed by atoms with Gasteiger partial charge in [-0.3, -0.25) is 9.69 Å². The lowest BCUT2D eigenvalue weighted by Gasteiger charge is -2.32. The summed E-state index contributed by atoms with van der Waals surface area (Å²) in [5, 5.41) is 3.03. The highest BCUT2D eigenvalue weighted by molar-refractivity contribution is 9.11. The van der Waals surface area contributed by atoms with Crippen molar-refractivity contribution in [2.45, 2.75) is 32.2 Å². The number of nitrogens with zero attached hydrogens (tertiary/aromatic N) is 1. The van der Waals surface area contributed by atoms with Crippen LogP contribution in [0.2, 0.25) is 0 Å². The van der Waals surface area contributed by atoms with E-state index in [1.54, 1.807) is 0 Å². The standard InChI is InChI=1S/C15H20Br2N2O/c1-11(19-5-3-2-4-6-19)10-18-15(20)12-7-13(16)9-14(17)8-12/h7-9,11H,2-6,10H2,1H3,(H,18,20). The monoisotopic (exact) mass is 402 g/mol. The number of carbonyl (C=O) groups excluding carboxylic acids is 1. The molecule has 1 aromatic rings. The number of benzene rings is 1. The molecular weight excluding hydrogens is 384 g/mol. The first-order chi connectivity index (χ1) is 9.56. The molecule has 0 aliphatic carbocycles. The minimum atomic E-state index is -0.0177. The van der Waals surface area contributed by atoms with Crippen LogP contribution in [0.1, 0.15) is 36.5 Å². The third-order valence-corrected chi connectivity index (χ3v) is 4.61. The van der Waals surface area contributed by atoms with Crippen molar-refractivity contribution in [3.05, 3.63) is 32.7 Å². The number of hydrogen-bond acceptors (Lipinski definition) is 2. The predicted octanol–water partition coefficient (Wildman–Crippen LogP) is 3.82. The summed E-state index contributed by atoms with van der Waals surface area (Å²) in [6.07, 6.45) is 3.88. The van der Waals surface area contributed by atoms with Gasteiger partial charge in [0.05, 0.1) is 0 Å². The third-order valence-electron chi connectivity index (χ3n) is 3.70. The van der Waals surface area contributed by atoms with Crippen molar-refractivity contribution in [3.63, 3.8) is 0 Å². The maximum atomic E-state index is 12.2. The van der Waals surface area contributed by atoms with E-state index in [1.165, 1.54) is 19.3 Å². The van der Waals surface area contributed by atoms with Gasteiger partial charge >= 0.3 is 0 Å². The zero-order valence-electron chi connectivity index (χ0n) is 11.7. The molecule has 1 N–H and O–H groups in total. The SMILES string of the molecule is CC(CNC(=O)c1cc(Br)cc(Br)c1)N1CCCCC1. The fourth-order valence-corrected chi connectivity index (χ4v) is 3.81. The fourth-order valence-electron chi connectivity index (χ4n) is 2.52. The predicted molar refractivity (Wildman–Crippen MR) is 89.1 cm³/mol. The summed E-state index contributed by atoms with van der Waals surface area (Å²) in [4.78, 5) is 14.6. The summed E-state index contributed by atoms with van der Waals surface area (Å²) in [6.45, 7) is 5.18. The lowest BCUT2D eigenvalue weighted by Crippen LogP contribution is -2.44. The molecule has 110 valence electrons. The Morgan fingerprint density at radius 2 is 1.80 bits per heavy atom. The topological polar surface area (TPSA) is 32.3 Å². The van der Waals surface area contributed by atoms with Crippen LogP contribution >= 0.6 is 31.9 Å². The van der Waals surface area contributed by atoms with Gasteiger partial charge < -0.3 is 5.32 Å². The van der Waals surface area contributed by atoms with E-state index in [4.69, 9.17) is 0 Å². The molecule has 1 heterocycles. The van der Waals surface area contributed by atoms with Crippen molar-refractivity contribution in [1.29, 1.82) is 0 Å². The maximum absolute atomic E-state index is 12.2. The van der Waals surface area contributed by atoms with Gasteiger partial charge in [-0.05, 0) is 51.1 Å². The van der Waals surface area contributed by atoms with Gasteiger partial charge in [0.25, 0.3) is 5.91 Å². The second kappa shape index (κ2) is 7.57. The summed E-state index contributed by atoms with van der Waals surface area (Å²) in [5.41, 5.74) is 0.678. The summed E-state index contributed by atoms with van der Waals surface area (Å²) in [7, 11) is 0. The molecule has 1 unspecified atom stereocenters. The molecule has 0 radical (unpaired) electrons. The van der Waals surface area contributed by atoms with Crippen LogP contribution < -0.4 is 5.32 Å². The second-order valence-electron chi connectivity index (χ2n) is 5.31. The van der Waals surface area contributed by atoms with Gasteiger partial charge in [-0.1, -0.05) is 38.3 Å². The van der Waals surface area contributed by atoms with Crippen LogP contribution in [0.4, 0.5) is 0 Å². The Hall–Kier alpha value is -0.390. The van der Waals surface area contributed by atoms with Crippen LogP contribution in [-0.4, -0.2) is 36.5 Å². The lowest BCUT2D eigenvalue weighted by atomic mass is 10.1. The van der Waals surface area contributed by atoms with Crippen molar-refractivity contribution < 1.29 is 4.79 Å². The van der Waals surface area contributed by atoms with E-state index in [0.29, 0.717) is 18.2 Å². The van der Waals surface area contributed by atoms with Gasteiger partial charge in [0.15, 0.2) is 0 Å². The first kappa shape index (κ1) is 16.0. The molecule has 1 aliphatic heterocycles. The molecule has 1 saturated heterocycles. The minimum Gasteiger partial charge on any atom is -0.350 e. The molecule has 1 amide bonds. The van der Waals surface area contributed by atoms with Gasteiger partial charge in [-0.25, -0.2) is 0 Å². The molecule has 1 aromatic carbocycles. The van der Waals surface area contributed by atoms with Crippen LogP contribution in [0.25, 0.3) is 0 Å². The van der Waals surface area contributed by atoms with Crippen molar-refractivity contribution in [2.24, 2.45) is 0 Å². The quantitative estimate of drug-likeness (QED) is 0.828. The number of likely N-dealkylation sites (tertiary alicyclic amines) is 1. The highest BCUT2D eigenvalue weighted by Gasteiger charge is 2.17. The van der Waals surface area contributed by atoms with Gasteiger partial charge in [0.1, 0.15) is 0 Å². The zero-order valence-corrected chi connectivity index (χ0v) is 14.8. The Morgan fingerprint density at radius 3 is 2.40 bits per heavy atom. The van der Waals surface area contributed by atoms with Crippen LogP contribution in [0.5, 0.6) is 0 Å². The van der Waals surface area contributed by atoms with Crippen LogP contribution in [0.3, 0.4) is 0 Å². The molecule has 0 spiro atoms. The molecule has 2 rings (SSSR count). The number of piperidine rings is 1. The average molecular weight is 404 g/mol. The van der Waals surface area contributed by atoms with Crippen molar-refractivity contribution >= 4 is 37.8 Å². The number of rotatable bonds is 4. The molecule has 0 saturated carbocycles. The number of amides is 1. The van der Waals surface area contributed by atoms with E-state index in [0.717, 1.165) is 22.0 Å². The van der Waals surface area contributed by atoms with E-state index in [2.05, 4.69) is 49.0 Å². The molecule has 20 heavy (non-hydrogen) atoms. The molecule has 5 heteroatoms. The Labute approximate surface area is 137 Å². The highest BCUT2D eigenvalue weighted by Crippen LogP contribution is 2.20. The number of carbonyl (C=O) groups is 1. The molecule has 1 atom stereocenters. The lowest BCUT2D eigenvalue weighted by molar-refractivity contribution is 0.0930. The van der Waals surface area contributed by atoms with Crippen molar-refractivity contribution in [2.75, 3.05) is 19.6 Å². The summed E-state index contributed by atoms with van der Waals surface area (Å²) in [6, 6.07) is 6.00. The zero-order chi connectivity index (χ0) is 14.5. The molecule has 0 aromatic heterocycles. The van der Waals surface area contributed by atoms with Gasteiger partial charge in [-0.2, -0.15) is 0 Å². The van der Waals surface area contributed by atoms with E-state index < -0.39 is 0 Å². The van der Waals surface area contributed by atoms with E-state index >= 15 is 0 Å². The number of hydrogen-bond donors (Lipinski definition) is 1. The van der Waals surface area contributed by atoms with Gasteiger partial charge in [-0.15, -0.1) is 0 Å². The molecule has 0 bridgehead atoms. The molecule has 3 nitrogen and oxygen atoms in total. The third kappa shape index (κ3) is 4.57. The minimum absolute atomic E-state index is 0.0177.